The third kappa shape index (κ3) is 5.12. The number of hydrogen-bond acceptors (Lipinski definition) is 5. The van der Waals surface area contributed by atoms with Gasteiger partial charge >= 0.3 is 0 Å². The smallest absolute Gasteiger partial charge is 0.248 e. The summed E-state index contributed by atoms with van der Waals surface area (Å²) < 4.78 is 6.78. The van der Waals surface area contributed by atoms with E-state index in [0.29, 0.717) is 39.0 Å². The first-order chi connectivity index (χ1) is 19.2. The van der Waals surface area contributed by atoms with Crippen LogP contribution >= 0.6 is 0 Å². The average Bonchev–Trinajstić information content (AvgIpc) is 3.52. The van der Waals surface area contributed by atoms with Crippen LogP contribution in [0.4, 0.5) is 0 Å². The first kappa shape index (κ1) is 30.0. The number of carbonyl (C=O) groups is 3. The number of aliphatic hydroxyl groups is 1. The summed E-state index contributed by atoms with van der Waals surface area (Å²) in [6.45, 7) is 14.8. The molecule has 6 atom stereocenters. The minimum absolute atomic E-state index is 0.165. The quantitative estimate of drug-likeness (QED) is 0.282. The number of likely N-dealkylation sites (tertiary alicyclic amines) is 1. The van der Waals surface area contributed by atoms with E-state index in [1.807, 2.05) is 37.3 Å². The molecule has 1 aromatic carbocycles. The normalized spacial score (nSPS) is 29.2. The average molecular weight is 552 g/mol. The van der Waals surface area contributed by atoms with Gasteiger partial charge in [-0.3, -0.25) is 14.4 Å². The van der Waals surface area contributed by atoms with E-state index in [0.717, 1.165) is 24.8 Å². The second-order valence-corrected chi connectivity index (χ2v) is 11.8. The van der Waals surface area contributed by atoms with E-state index in [2.05, 4.69) is 20.1 Å². The summed E-state index contributed by atoms with van der Waals surface area (Å²) in [5, 5.41) is 10.1. The van der Waals surface area contributed by atoms with Crippen LogP contribution in [0, 0.1) is 11.8 Å². The lowest BCUT2D eigenvalue weighted by Crippen LogP contribution is -2.58. The van der Waals surface area contributed by atoms with Crippen LogP contribution in [0.3, 0.4) is 0 Å². The minimum Gasteiger partial charge on any atom is -0.394 e. The fourth-order valence-electron chi connectivity index (χ4n) is 7.14. The van der Waals surface area contributed by atoms with E-state index < -0.39 is 35.1 Å². The Morgan fingerprint density at radius 3 is 2.42 bits per heavy atom. The van der Waals surface area contributed by atoms with Crippen LogP contribution in [-0.4, -0.2) is 87.1 Å². The third-order valence-corrected chi connectivity index (χ3v) is 9.02. The summed E-state index contributed by atoms with van der Waals surface area (Å²) in [5.74, 6) is -2.19. The van der Waals surface area contributed by atoms with Crippen LogP contribution in [-0.2, 0) is 25.7 Å². The van der Waals surface area contributed by atoms with E-state index >= 15 is 0 Å². The van der Waals surface area contributed by atoms with E-state index in [1.54, 1.807) is 28.9 Å². The summed E-state index contributed by atoms with van der Waals surface area (Å²) in [5.41, 5.74) is -1.01. The van der Waals surface area contributed by atoms with Gasteiger partial charge in [0.1, 0.15) is 11.6 Å². The van der Waals surface area contributed by atoms with Gasteiger partial charge in [-0.15, -0.1) is 13.2 Å². The van der Waals surface area contributed by atoms with Gasteiger partial charge in [0.05, 0.1) is 30.1 Å². The van der Waals surface area contributed by atoms with Gasteiger partial charge < -0.3 is 24.5 Å². The zero-order valence-corrected chi connectivity index (χ0v) is 24.3. The summed E-state index contributed by atoms with van der Waals surface area (Å²) >= 11 is 0. The standard InChI is InChI=1S/C32H45N3O5/c1-6-9-13-20-33(18-7-2)30(39)27-32-17-16-31(5,40-32)25(26(32)29(38)35(27)23(4)22-36)28(37)34(19-8-3)21-24-14-11-10-12-15-24/h7-8,10-12,14-15,23,25-27,36H,2-3,6,9,13,16-22H2,1,4-5H3/t23-,25-,26+,27?,31+,32?/m1/s1. The summed E-state index contributed by atoms with van der Waals surface area (Å²) in [4.78, 5) is 47.9. The Bertz CT molecular complexity index is 1110. The van der Waals surface area contributed by atoms with Crippen LogP contribution < -0.4 is 0 Å². The number of amides is 3. The molecular formula is C32H45N3O5. The van der Waals surface area contributed by atoms with Crippen LogP contribution in [0.2, 0.25) is 0 Å². The molecule has 3 aliphatic heterocycles. The van der Waals surface area contributed by atoms with Crippen molar-refractivity contribution in [2.75, 3.05) is 26.2 Å². The highest BCUT2D eigenvalue weighted by molar-refractivity contribution is 5.99. The first-order valence-electron chi connectivity index (χ1n) is 14.7. The van der Waals surface area contributed by atoms with Gasteiger partial charge in [0.15, 0.2) is 0 Å². The van der Waals surface area contributed by atoms with Gasteiger partial charge in [-0.05, 0) is 38.7 Å². The van der Waals surface area contributed by atoms with Crippen molar-refractivity contribution in [3.05, 3.63) is 61.2 Å². The molecule has 0 radical (unpaired) electrons. The Labute approximate surface area is 238 Å². The number of carbonyl (C=O) groups excluding carboxylic acids is 3. The number of fused-ring (bicyclic) bond motifs is 1. The van der Waals surface area contributed by atoms with Gasteiger partial charge in [0.2, 0.25) is 17.7 Å². The predicted molar refractivity (Wildman–Crippen MR) is 154 cm³/mol. The predicted octanol–water partition coefficient (Wildman–Crippen LogP) is 3.55. The molecule has 0 aromatic heterocycles. The molecule has 4 rings (SSSR count). The topological polar surface area (TPSA) is 90.4 Å². The van der Waals surface area contributed by atoms with Crippen molar-refractivity contribution in [1.29, 1.82) is 0 Å². The van der Waals surface area contributed by atoms with Crippen molar-refractivity contribution >= 4 is 17.7 Å². The molecule has 0 aliphatic carbocycles. The fourth-order valence-corrected chi connectivity index (χ4v) is 7.14. The van der Waals surface area contributed by atoms with Gasteiger partial charge in [0, 0.05) is 26.2 Å². The lowest BCUT2D eigenvalue weighted by molar-refractivity contribution is -0.156. The maximum atomic E-state index is 14.3. The molecule has 0 saturated carbocycles. The zero-order valence-electron chi connectivity index (χ0n) is 24.3. The molecule has 3 amide bonds. The minimum atomic E-state index is -1.12. The fraction of sp³-hybridized carbons (Fsp3) is 0.594. The van der Waals surface area contributed by atoms with Crippen molar-refractivity contribution in [3.8, 4) is 0 Å². The molecule has 1 spiro atoms. The highest BCUT2D eigenvalue weighted by Gasteiger charge is 2.78. The van der Waals surface area contributed by atoms with E-state index in [4.69, 9.17) is 4.74 Å². The number of ether oxygens (including phenoxy) is 1. The largest absolute Gasteiger partial charge is 0.394 e. The maximum absolute atomic E-state index is 14.3. The molecule has 8 heteroatoms. The molecule has 40 heavy (non-hydrogen) atoms. The third-order valence-electron chi connectivity index (χ3n) is 9.02. The lowest BCUT2D eigenvalue weighted by Gasteiger charge is -2.38. The van der Waals surface area contributed by atoms with Gasteiger partial charge in [-0.1, -0.05) is 62.2 Å². The number of nitrogens with zero attached hydrogens (tertiary/aromatic N) is 3. The summed E-state index contributed by atoms with van der Waals surface area (Å²) in [6, 6.07) is 8.23. The number of unbranched alkanes of at least 4 members (excludes halogenated alkanes) is 2. The molecule has 3 saturated heterocycles. The first-order valence-corrected chi connectivity index (χ1v) is 14.7. The van der Waals surface area contributed by atoms with E-state index in [1.165, 1.54) is 4.90 Å². The summed E-state index contributed by atoms with van der Waals surface area (Å²) in [7, 11) is 0. The Kier molecular flexibility index (Phi) is 9.20. The molecule has 1 aromatic rings. The van der Waals surface area contributed by atoms with Crippen molar-refractivity contribution in [1.82, 2.24) is 14.7 Å². The Morgan fingerprint density at radius 2 is 1.80 bits per heavy atom. The number of benzene rings is 1. The Hall–Kier alpha value is -2.97. The molecule has 8 nitrogen and oxygen atoms in total. The monoisotopic (exact) mass is 551 g/mol. The van der Waals surface area contributed by atoms with Gasteiger partial charge in [-0.25, -0.2) is 0 Å². The summed E-state index contributed by atoms with van der Waals surface area (Å²) in [6.07, 6.45) is 7.33. The molecular weight excluding hydrogens is 506 g/mol. The molecule has 1 N–H and O–H groups in total. The molecule has 218 valence electrons. The van der Waals surface area contributed by atoms with Crippen molar-refractivity contribution in [2.24, 2.45) is 11.8 Å². The van der Waals surface area contributed by atoms with E-state index in [9.17, 15) is 19.5 Å². The van der Waals surface area contributed by atoms with E-state index in [-0.39, 0.29) is 24.3 Å². The maximum Gasteiger partial charge on any atom is 0.248 e. The van der Waals surface area contributed by atoms with Crippen LogP contribution in [0.1, 0.15) is 58.4 Å². The second-order valence-electron chi connectivity index (χ2n) is 11.8. The van der Waals surface area contributed by atoms with Crippen LogP contribution in [0.5, 0.6) is 0 Å². The van der Waals surface area contributed by atoms with Crippen molar-refractivity contribution in [3.63, 3.8) is 0 Å². The highest BCUT2D eigenvalue weighted by atomic mass is 16.5. The Morgan fingerprint density at radius 1 is 1.12 bits per heavy atom. The number of aliphatic hydroxyl groups excluding tert-OH is 1. The number of hydrogen-bond donors (Lipinski definition) is 1. The Balaban J connectivity index is 1.73. The van der Waals surface area contributed by atoms with Gasteiger partial charge in [-0.2, -0.15) is 0 Å². The second kappa shape index (κ2) is 12.3. The molecule has 2 bridgehead atoms. The van der Waals surface area contributed by atoms with Crippen molar-refractivity contribution < 1.29 is 24.2 Å². The molecule has 3 heterocycles. The molecule has 2 unspecified atom stereocenters. The highest BCUT2D eigenvalue weighted by Crippen LogP contribution is 2.63. The van der Waals surface area contributed by atoms with Crippen LogP contribution in [0.15, 0.2) is 55.6 Å². The molecule has 3 aliphatic rings. The van der Waals surface area contributed by atoms with Crippen LogP contribution in [0.25, 0.3) is 0 Å². The lowest BCUT2D eigenvalue weighted by atomic mass is 9.66. The van der Waals surface area contributed by atoms with Crippen molar-refractivity contribution in [2.45, 2.75) is 82.7 Å². The SMILES string of the molecule is C=CCN(CCCCC)C(=O)C1N([C@H](C)CO)C(=O)[C@@H]2[C@H](C(=O)N(CC=C)Cc3ccccc3)[C@]3(C)CCC12O3. The molecule has 3 fully saturated rings. The number of rotatable bonds is 14. The zero-order chi connectivity index (χ0) is 29.1. The van der Waals surface area contributed by atoms with Gasteiger partial charge in [0.25, 0.3) is 0 Å².